The van der Waals surface area contributed by atoms with Crippen molar-refractivity contribution in [3.8, 4) is 0 Å². The number of hydrogen-bond acceptors (Lipinski definition) is 4. The molecule has 8 heteroatoms. The molecule has 0 aromatic carbocycles. The van der Waals surface area contributed by atoms with Crippen LogP contribution in [0.15, 0.2) is 0 Å². The van der Waals surface area contributed by atoms with Crippen LogP contribution in [0.5, 0.6) is 0 Å². The second-order valence-corrected chi connectivity index (χ2v) is 6.30. The van der Waals surface area contributed by atoms with Crippen molar-refractivity contribution in [1.29, 1.82) is 0 Å². The molecule has 0 bridgehead atoms. The number of ether oxygens (including phenoxy) is 2. The van der Waals surface area contributed by atoms with Crippen LogP contribution in [0.1, 0.15) is 39.0 Å². The summed E-state index contributed by atoms with van der Waals surface area (Å²) in [7, 11) is 0. The summed E-state index contributed by atoms with van der Waals surface area (Å²) in [5.41, 5.74) is 0. The van der Waals surface area contributed by atoms with Gasteiger partial charge < -0.3 is 14.4 Å². The van der Waals surface area contributed by atoms with Gasteiger partial charge in [-0.2, -0.15) is 13.2 Å². The Morgan fingerprint density at radius 1 is 1.22 bits per heavy atom. The van der Waals surface area contributed by atoms with Gasteiger partial charge in [0.2, 0.25) is 0 Å². The molecule has 1 amide bonds. The fourth-order valence-electron chi connectivity index (χ4n) is 3.19. The molecule has 2 fully saturated rings. The topological polar surface area (TPSA) is 55.8 Å². The lowest BCUT2D eigenvalue weighted by Gasteiger charge is -2.43. The van der Waals surface area contributed by atoms with Crippen LogP contribution in [0.4, 0.5) is 13.2 Å². The van der Waals surface area contributed by atoms with E-state index in [1.807, 2.05) is 6.92 Å². The van der Waals surface area contributed by atoms with Crippen molar-refractivity contribution >= 4 is 11.9 Å². The number of hydrogen-bond donors (Lipinski definition) is 0. The number of carbonyl (C=O) groups excluding carboxylic acids is 2. The molecule has 2 heterocycles. The molecule has 0 aromatic rings. The Balaban J connectivity index is 2.02. The number of nitrogens with zero attached hydrogens (tertiary/aromatic N) is 1. The standard InChI is InChI=1S/C15H22F3NO4/c1-10-5-6-11(12-4-2-3-7-22-12)19(8-10)13(20)14(21)23-9-15(16,17)18/h10-12H,2-9H2,1H3/t10-,11+,12?/m0/s1. The number of carbonyl (C=O) groups is 2. The second kappa shape index (κ2) is 7.51. The van der Waals surface area contributed by atoms with Crippen molar-refractivity contribution in [2.75, 3.05) is 19.8 Å². The van der Waals surface area contributed by atoms with Crippen LogP contribution in [0.25, 0.3) is 0 Å². The third-order valence-electron chi connectivity index (χ3n) is 4.31. The van der Waals surface area contributed by atoms with Gasteiger partial charge in [0.25, 0.3) is 0 Å². The summed E-state index contributed by atoms with van der Waals surface area (Å²) in [4.78, 5) is 25.3. The molecule has 0 saturated carbocycles. The lowest BCUT2D eigenvalue weighted by Crippen LogP contribution is -2.55. The Kier molecular flexibility index (Phi) is 5.89. The first kappa shape index (κ1) is 18.0. The first-order valence-corrected chi connectivity index (χ1v) is 7.94. The first-order chi connectivity index (χ1) is 10.8. The Bertz CT molecular complexity index is 435. The highest BCUT2D eigenvalue weighted by Crippen LogP contribution is 2.29. The summed E-state index contributed by atoms with van der Waals surface area (Å²) in [5, 5.41) is 0. The van der Waals surface area contributed by atoms with Crippen molar-refractivity contribution in [2.45, 2.75) is 57.3 Å². The van der Waals surface area contributed by atoms with Gasteiger partial charge in [0.05, 0.1) is 12.1 Å². The third-order valence-corrected chi connectivity index (χ3v) is 4.31. The molecule has 5 nitrogen and oxygen atoms in total. The first-order valence-electron chi connectivity index (χ1n) is 7.94. The Labute approximate surface area is 133 Å². The summed E-state index contributed by atoms with van der Waals surface area (Å²) in [6.45, 7) is 1.15. The van der Waals surface area contributed by atoms with E-state index in [1.54, 1.807) is 0 Å². The molecule has 0 N–H and O–H groups in total. The minimum Gasteiger partial charge on any atom is -0.449 e. The fourth-order valence-corrected chi connectivity index (χ4v) is 3.19. The predicted molar refractivity (Wildman–Crippen MR) is 74.5 cm³/mol. The third kappa shape index (κ3) is 5.09. The van der Waals surface area contributed by atoms with Gasteiger partial charge in [-0.15, -0.1) is 0 Å². The zero-order valence-electron chi connectivity index (χ0n) is 13.1. The molecule has 0 aliphatic carbocycles. The van der Waals surface area contributed by atoms with Gasteiger partial charge in [0, 0.05) is 13.2 Å². The maximum Gasteiger partial charge on any atom is 0.422 e. The maximum atomic E-state index is 12.2. The number of alkyl halides is 3. The van der Waals surface area contributed by atoms with Gasteiger partial charge in [0.1, 0.15) is 0 Å². The number of amides is 1. The van der Waals surface area contributed by atoms with Gasteiger partial charge in [0.15, 0.2) is 6.61 Å². The molecular formula is C15H22F3NO4. The van der Waals surface area contributed by atoms with Gasteiger partial charge in [-0.1, -0.05) is 6.92 Å². The van der Waals surface area contributed by atoms with E-state index >= 15 is 0 Å². The number of halogens is 3. The molecule has 0 spiro atoms. The second-order valence-electron chi connectivity index (χ2n) is 6.30. The fraction of sp³-hybridized carbons (Fsp3) is 0.867. The molecule has 3 atom stereocenters. The Morgan fingerprint density at radius 2 is 1.96 bits per heavy atom. The summed E-state index contributed by atoms with van der Waals surface area (Å²) >= 11 is 0. The Hall–Kier alpha value is -1.31. The van der Waals surface area contributed by atoms with Gasteiger partial charge in [-0.3, -0.25) is 4.79 Å². The lowest BCUT2D eigenvalue weighted by atomic mass is 9.88. The van der Waals surface area contributed by atoms with Gasteiger partial charge in [-0.05, 0) is 38.0 Å². The van der Waals surface area contributed by atoms with Crippen LogP contribution in [0, 0.1) is 5.92 Å². The average Bonchev–Trinajstić information content (AvgIpc) is 2.52. The smallest absolute Gasteiger partial charge is 0.422 e. The molecule has 2 saturated heterocycles. The van der Waals surface area contributed by atoms with E-state index < -0.39 is 24.7 Å². The van der Waals surface area contributed by atoms with Crippen LogP contribution in [0.2, 0.25) is 0 Å². The normalized spacial score (nSPS) is 29.2. The quantitative estimate of drug-likeness (QED) is 0.573. The van der Waals surface area contributed by atoms with Gasteiger partial charge in [-0.25, -0.2) is 4.79 Å². The highest BCUT2D eigenvalue weighted by atomic mass is 19.4. The number of rotatable bonds is 2. The summed E-state index contributed by atoms with van der Waals surface area (Å²) in [6, 6.07) is -0.266. The van der Waals surface area contributed by atoms with Crippen molar-refractivity contribution < 1.29 is 32.2 Å². The van der Waals surface area contributed by atoms with E-state index in [0.29, 0.717) is 19.6 Å². The summed E-state index contributed by atoms with van der Waals surface area (Å²) in [6.07, 6.45) is -0.484. The summed E-state index contributed by atoms with van der Waals surface area (Å²) in [5.74, 6) is -2.26. The van der Waals surface area contributed by atoms with E-state index in [0.717, 1.165) is 25.7 Å². The zero-order chi connectivity index (χ0) is 17.0. The highest BCUT2D eigenvalue weighted by molar-refractivity contribution is 6.32. The largest absolute Gasteiger partial charge is 0.449 e. The minimum atomic E-state index is -4.64. The molecule has 2 aliphatic heterocycles. The van der Waals surface area contributed by atoms with Crippen LogP contribution in [0.3, 0.4) is 0 Å². The Morgan fingerprint density at radius 3 is 2.57 bits per heavy atom. The average molecular weight is 337 g/mol. The van der Waals surface area contributed by atoms with E-state index in [4.69, 9.17) is 4.74 Å². The monoisotopic (exact) mass is 337 g/mol. The molecule has 23 heavy (non-hydrogen) atoms. The van der Waals surface area contributed by atoms with E-state index in [-0.39, 0.29) is 18.1 Å². The van der Waals surface area contributed by atoms with Crippen molar-refractivity contribution in [1.82, 2.24) is 4.90 Å². The number of esters is 1. The molecule has 2 aliphatic rings. The molecule has 132 valence electrons. The highest BCUT2D eigenvalue weighted by Gasteiger charge is 2.40. The van der Waals surface area contributed by atoms with E-state index in [2.05, 4.69) is 4.74 Å². The van der Waals surface area contributed by atoms with Crippen LogP contribution < -0.4 is 0 Å². The van der Waals surface area contributed by atoms with E-state index in [9.17, 15) is 22.8 Å². The lowest BCUT2D eigenvalue weighted by molar-refractivity contribution is -0.191. The zero-order valence-corrected chi connectivity index (χ0v) is 13.1. The predicted octanol–water partition coefficient (Wildman–Crippen LogP) is 2.29. The van der Waals surface area contributed by atoms with Gasteiger partial charge >= 0.3 is 18.1 Å². The SMILES string of the molecule is C[C@H]1CC[C@H](C2CCCCO2)N(C(=O)C(=O)OCC(F)(F)F)C1. The van der Waals surface area contributed by atoms with Crippen LogP contribution >= 0.6 is 0 Å². The molecule has 1 unspecified atom stereocenters. The van der Waals surface area contributed by atoms with Crippen LogP contribution in [-0.2, 0) is 19.1 Å². The molecular weight excluding hydrogens is 315 g/mol. The minimum absolute atomic E-state index is 0.157. The molecule has 2 rings (SSSR count). The van der Waals surface area contributed by atoms with E-state index in [1.165, 1.54) is 4.90 Å². The number of likely N-dealkylation sites (tertiary alicyclic amines) is 1. The van der Waals surface area contributed by atoms with Crippen molar-refractivity contribution in [3.63, 3.8) is 0 Å². The maximum absolute atomic E-state index is 12.2. The van der Waals surface area contributed by atoms with Crippen LogP contribution in [-0.4, -0.2) is 54.9 Å². The van der Waals surface area contributed by atoms with Crippen molar-refractivity contribution in [3.05, 3.63) is 0 Å². The summed E-state index contributed by atoms with van der Waals surface area (Å²) < 4.78 is 46.2. The van der Waals surface area contributed by atoms with Crippen molar-refractivity contribution in [2.24, 2.45) is 5.92 Å². The number of piperidine rings is 1. The molecule has 0 radical (unpaired) electrons. The molecule has 0 aromatic heterocycles.